The Morgan fingerprint density at radius 1 is 1.00 bits per heavy atom. The minimum absolute atomic E-state index is 0.171. The molecule has 0 unspecified atom stereocenters. The van der Waals surface area contributed by atoms with Crippen LogP contribution in [0.2, 0.25) is 0 Å². The van der Waals surface area contributed by atoms with Crippen molar-refractivity contribution in [2.45, 2.75) is 69.2 Å². The van der Waals surface area contributed by atoms with Crippen molar-refractivity contribution in [3.63, 3.8) is 0 Å². The zero-order chi connectivity index (χ0) is 31.3. The second kappa shape index (κ2) is 13.4. The first-order chi connectivity index (χ1) is 19.4. The van der Waals surface area contributed by atoms with E-state index in [1.807, 2.05) is 0 Å². The van der Waals surface area contributed by atoms with Gasteiger partial charge in [0.25, 0.3) is 5.91 Å². The number of alkyl halides is 3. The van der Waals surface area contributed by atoms with E-state index in [2.05, 4.69) is 31.9 Å². The van der Waals surface area contributed by atoms with Crippen LogP contribution in [-0.2, 0) is 25.5 Å². The van der Waals surface area contributed by atoms with Gasteiger partial charge in [0.2, 0.25) is 5.91 Å². The number of hydrogen-bond donors (Lipinski definition) is 3. The summed E-state index contributed by atoms with van der Waals surface area (Å²) in [5.74, 6) is -2.19. The van der Waals surface area contributed by atoms with E-state index in [-0.39, 0.29) is 22.3 Å². The van der Waals surface area contributed by atoms with Gasteiger partial charge in [-0.25, -0.2) is 13.2 Å². The zero-order valence-electron chi connectivity index (χ0n) is 23.3. The molecule has 0 spiro atoms. The second-order valence-corrected chi connectivity index (χ2v) is 14.0. The highest BCUT2D eigenvalue weighted by Crippen LogP contribution is 2.32. The van der Waals surface area contributed by atoms with Crippen LogP contribution in [0.25, 0.3) is 0 Å². The fourth-order valence-corrected chi connectivity index (χ4v) is 6.53. The van der Waals surface area contributed by atoms with Crippen LogP contribution in [0.4, 0.5) is 23.7 Å². The highest BCUT2D eigenvalue weighted by atomic mass is 79.9. The van der Waals surface area contributed by atoms with E-state index >= 15 is 0 Å². The number of amides is 3. The SMILES string of the molecule is CC(C)(C)OC(=O)Nc1ccc(C(F)(F)F)cc1C(=O)NCC(=O)N[C@H]1CCCC[C@@H]1CS(=O)(=O)c1ccc(Br)cc1. The first-order valence-corrected chi connectivity index (χ1v) is 15.7. The van der Waals surface area contributed by atoms with Gasteiger partial charge in [-0.15, -0.1) is 0 Å². The Balaban J connectivity index is 1.68. The Morgan fingerprint density at radius 2 is 1.64 bits per heavy atom. The van der Waals surface area contributed by atoms with Crippen LogP contribution in [0.15, 0.2) is 51.8 Å². The number of ether oxygens (including phenoxy) is 1. The molecule has 0 heterocycles. The molecule has 2 atom stereocenters. The summed E-state index contributed by atoms with van der Waals surface area (Å²) in [4.78, 5) is 38.1. The fraction of sp³-hybridized carbons (Fsp3) is 0.464. The van der Waals surface area contributed by atoms with Crippen LogP contribution < -0.4 is 16.0 Å². The molecule has 42 heavy (non-hydrogen) atoms. The lowest BCUT2D eigenvalue weighted by Gasteiger charge is -2.32. The van der Waals surface area contributed by atoms with Crippen LogP contribution in [0, 0.1) is 5.92 Å². The summed E-state index contributed by atoms with van der Waals surface area (Å²) in [5.41, 5.74) is -2.77. The molecule has 1 aliphatic carbocycles. The van der Waals surface area contributed by atoms with Gasteiger partial charge in [0.1, 0.15) is 5.60 Å². The molecule has 3 rings (SSSR count). The Bertz CT molecular complexity index is 1410. The smallest absolute Gasteiger partial charge is 0.416 e. The Labute approximate surface area is 251 Å². The number of carbonyl (C=O) groups excluding carboxylic acids is 3. The number of rotatable bonds is 8. The maximum Gasteiger partial charge on any atom is 0.416 e. The molecule has 0 saturated heterocycles. The molecule has 3 amide bonds. The van der Waals surface area contributed by atoms with E-state index in [4.69, 9.17) is 4.74 Å². The molecule has 1 saturated carbocycles. The van der Waals surface area contributed by atoms with Gasteiger partial charge in [0.05, 0.1) is 34.0 Å². The van der Waals surface area contributed by atoms with Gasteiger partial charge in [0, 0.05) is 10.5 Å². The third kappa shape index (κ3) is 9.72. The predicted octanol–water partition coefficient (Wildman–Crippen LogP) is 5.69. The molecule has 1 fully saturated rings. The van der Waals surface area contributed by atoms with Crippen LogP contribution in [0.1, 0.15) is 62.4 Å². The molecule has 230 valence electrons. The molecular formula is C28H33BrF3N3O6S. The number of sulfone groups is 1. The molecular weight excluding hydrogens is 643 g/mol. The standard InChI is InChI=1S/C28H33BrF3N3O6S/c1-27(2,3)41-26(38)35-23-13-8-18(28(30,31)32)14-21(23)25(37)33-15-24(36)34-22-7-5-4-6-17(22)16-42(39,40)20-11-9-19(29)10-12-20/h8-14,17,22H,4-7,15-16H2,1-3H3,(H,33,37)(H,34,36)(H,35,38)/t17-,22+/m1/s1. The van der Waals surface area contributed by atoms with E-state index in [1.54, 1.807) is 32.9 Å². The third-order valence-electron chi connectivity index (χ3n) is 6.50. The molecule has 2 aromatic rings. The van der Waals surface area contributed by atoms with Crippen molar-refractivity contribution in [3.8, 4) is 0 Å². The minimum atomic E-state index is -4.76. The molecule has 0 aromatic heterocycles. The zero-order valence-corrected chi connectivity index (χ0v) is 25.7. The number of anilines is 1. The molecule has 0 aliphatic heterocycles. The number of benzene rings is 2. The molecule has 14 heteroatoms. The summed E-state index contributed by atoms with van der Waals surface area (Å²) in [7, 11) is -3.63. The topological polar surface area (TPSA) is 131 Å². The van der Waals surface area contributed by atoms with Crippen molar-refractivity contribution in [3.05, 3.63) is 58.1 Å². The average Bonchev–Trinajstić information content (AvgIpc) is 2.87. The lowest BCUT2D eigenvalue weighted by atomic mass is 9.86. The largest absolute Gasteiger partial charge is 0.444 e. The Hall–Kier alpha value is -3.13. The number of carbonyl (C=O) groups is 3. The van der Waals surface area contributed by atoms with E-state index < -0.39 is 63.2 Å². The van der Waals surface area contributed by atoms with E-state index in [9.17, 15) is 36.0 Å². The van der Waals surface area contributed by atoms with Crippen LogP contribution >= 0.6 is 15.9 Å². The third-order valence-corrected chi connectivity index (χ3v) is 8.88. The van der Waals surface area contributed by atoms with Crippen LogP contribution in [0.5, 0.6) is 0 Å². The first-order valence-electron chi connectivity index (χ1n) is 13.2. The molecule has 1 aliphatic rings. The van der Waals surface area contributed by atoms with Gasteiger partial charge in [-0.3, -0.25) is 14.9 Å². The van der Waals surface area contributed by atoms with Gasteiger partial charge < -0.3 is 15.4 Å². The van der Waals surface area contributed by atoms with Crippen molar-refractivity contribution in [1.82, 2.24) is 10.6 Å². The molecule has 2 aromatic carbocycles. The summed E-state index contributed by atoms with van der Waals surface area (Å²) in [6, 6.07) is 8.02. The maximum atomic E-state index is 13.3. The Kier molecular flexibility index (Phi) is 10.7. The van der Waals surface area contributed by atoms with Gasteiger partial charge in [-0.2, -0.15) is 13.2 Å². The Morgan fingerprint density at radius 3 is 2.26 bits per heavy atom. The van der Waals surface area contributed by atoms with Crippen LogP contribution in [-0.4, -0.2) is 50.3 Å². The first kappa shape index (κ1) is 33.4. The maximum absolute atomic E-state index is 13.3. The predicted molar refractivity (Wildman–Crippen MR) is 154 cm³/mol. The van der Waals surface area contributed by atoms with E-state index in [0.717, 1.165) is 23.4 Å². The van der Waals surface area contributed by atoms with Crippen molar-refractivity contribution in [2.75, 3.05) is 17.6 Å². The van der Waals surface area contributed by atoms with Crippen molar-refractivity contribution < 1.29 is 40.7 Å². The average molecular weight is 677 g/mol. The van der Waals surface area contributed by atoms with E-state index in [0.29, 0.717) is 25.0 Å². The summed E-state index contributed by atoms with van der Waals surface area (Å²) >= 11 is 3.28. The highest BCUT2D eigenvalue weighted by Gasteiger charge is 2.33. The molecule has 0 radical (unpaired) electrons. The van der Waals surface area contributed by atoms with Gasteiger partial charge in [0.15, 0.2) is 9.84 Å². The number of nitrogens with one attached hydrogen (secondary N) is 3. The highest BCUT2D eigenvalue weighted by molar-refractivity contribution is 9.10. The molecule has 9 nitrogen and oxygen atoms in total. The monoisotopic (exact) mass is 675 g/mol. The quantitative estimate of drug-likeness (QED) is 0.329. The van der Waals surface area contributed by atoms with E-state index in [1.165, 1.54) is 12.1 Å². The number of hydrogen-bond acceptors (Lipinski definition) is 6. The number of halogens is 4. The molecule has 0 bridgehead atoms. The normalized spacial score (nSPS) is 17.7. The lowest BCUT2D eigenvalue weighted by Crippen LogP contribution is -2.47. The summed E-state index contributed by atoms with van der Waals surface area (Å²) in [5, 5.41) is 7.34. The van der Waals surface area contributed by atoms with Crippen molar-refractivity contribution >= 4 is 49.4 Å². The van der Waals surface area contributed by atoms with Gasteiger partial charge in [-0.1, -0.05) is 28.8 Å². The lowest BCUT2D eigenvalue weighted by molar-refractivity contribution is -0.137. The van der Waals surface area contributed by atoms with Gasteiger partial charge in [-0.05, 0) is 82.0 Å². The molecule has 3 N–H and O–H groups in total. The van der Waals surface area contributed by atoms with Crippen molar-refractivity contribution in [2.24, 2.45) is 5.92 Å². The summed E-state index contributed by atoms with van der Waals surface area (Å²) in [6.45, 7) is 4.21. The fourth-order valence-electron chi connectivity index (χ4n) is 4.56. The second-order valence-electron chi connectivity index (χ2n) is 11.0. The van der Waals surface area contributed by atoms with Crippen LogP contribution in [0.3, 0.4) is 0 Å². The van der Waals surface area contributed by atoms with Crippen molar-refractivity contribution in [1.29, 1.82) is 0 Å². The summed E-state index contributed by atoms with van der Waals surface area (Å²) < 4.78 is 71.9. The van der Waals surface area contributed by atoms with Gasteiger partial charge >= 0.3 is 12.3 Å². The summed E-state index contributed by atoms with van der Waals surface area (Å²) in [6.07, 6.45) is -3.04. The minimum Gasteiger partial charge on any atom is -0.444 e.